The Morgan fingerprint density at radius 3 is 2.74 bits per heavy atom. The molecular weight excluding hydrogens is 530 g/mol. The van der Waals surface area contributed by atoms with Crippen molar-refractivity contribution in [1.29, 1.82) is 0 Å². The number of nitrogens with zero attached hydrogens (tertiary/aromatic N) is 4. The zero-order valence-corrected chi connectivity index (χ0v) is 22.7. The lowest BCUT2D eigenvalue weighted by molar-refractivity contribution is -0.0885. The summed E-state index contributed by atoms with van der Waals surface area (Å²) in [5, 5.41) is 15.6. The summed E-state index contributed by atoms with van der Waals surface area (Å²) in [6.45, 7) is 4.36. The number of hydrogen-bond donors (Lipinski definition) is 3. The standard InChI is InChI=1S/C25H30FN6O6P/c1-14(2)31-39(34,38-17-11-7-9-15-8-5-6-10-16(15)17)36-12-18-20(26)25(3,33)23(37-18)32-13-28-19-21(32)29-24(27)30-22(19)35-4/h5-11,13-14,18,20,23,33H,12H2,1-4H3,(H,31,34)(H2,27,29,30)/t18-,20-,23?,25-,39?/m1/s1. The minimum Gasteiger partial charge on any atom is -0.479 e. The van der Waals surface area contributed by atoms with Crippen LogP contribution in [0.25, 0.3) is 21.9 Å². The Morgan fingerprint density at radius 1 is 1.26 bits per heavy atom. The summed E-state index contributed by atoms with van der Waals surface area (Å²) in [6, 6.07) is 12.5. The predicted molar refractivity (Wildman–Crippen MR) is 142 cm³/mol. The number of nitrogen functional groups attached to an aromatic ring is 1. The first-order valence-corrected chi connectivity index (χ1v) is 13.8. The highest BCUT2D eigenvalue weighted by Crippen LogP contribution is 2.49. The van der Waals surface area contributed by atoms with Gasteiger partial charge in [0.15, 0.2) is 23.6 Å². The van der Waals surface area contributed by atoms with Gasteiger partial charge in [-0.3, -0.25) is 9.09 Å². The molecule has 0 aliphatic carbocycles. The first-order chi connectivity index (χ1) is 18.5. The van der Waals surface area contributed by atoms with Gasteiger partial charge in [-0.25, -0.2) is 19.0 Å². The molecule has 0 spiro atoms. The van der Waals surface area contributed by atoms with E-state index in [1.165, 1.54) is 24.9 Å². The fourth-order valence-corrected chi connectivity index (χ4v) is 6.13. The quantitative estimate of drug-likeness (QED) is 0.256. The highest BCUT2D eigenvalue weighted by atomic mass is 31.2. The number of rotatable bonds is 9. The van der Waals surface area contributed by atoms with Gasteiger partial charge in [-0.1, -0.05) is 36.4 Å². The first-order valence-electron chi connectivity index (χ1n) is 12.3. The SMILES string of the molecule is COc1nc(N)nc2c1ncn2C1O[C@H](COP(=O)(NC(C)C)Oc2cccc3ccccc23)[C@@H](F)[C@@]1(C)O. The lowest BCUT2D eigenvalue weighted by atomic mass is 9.98. The second kappa shape index (κ2) is 10.3. The number of imidazole rings is 1. The highest BCUT2D eigenvalue weighted by Gasteiger charge is 2.55. The summed E-state index contributed by atoms with van der Waals surface area (Å²) in [5.74, 6) is 0.369. The molecule has 0 saturated carbocycles. The van der Waals surface area contributed by atoms with Crippen LogP contribution in [0, 0.1) is 0 Å². The Kier molecular flexibility index (Phi) is 7.21. The van der Waals surface area contributed by atoms with Crippen LogP contribution in [0.5, 0.6) is 11.6 Å². The Balaban J connectivity index is 1.40. The van der Waals surface area contributed by atoms with E-state index in [4.69, 9.17) is 24.3 Å². The Morgan fingerprint density at radius 2 is 2.00 bits per heavy atom. The Bertz CT molecular complexity index is 1540. The highest BCUT2D eigenvalue weighted by molar-refractivity contribution is 7.52. The second-order valence-corrected chi connectivity index (χ2v) is 11.4. The number of benzene rings is 2. The summed E-state index contributed by atoms with van der Waals surface area (Å²) in [6.07, 6.45) is -3.17. The van der Waals surface area contributed by atoms with Crippen molar-refractivity contribution in [3.05, 3.63) is 48.8 Å². The van der Waals surface area contributed by atoms with E-state index >= 15 is 4.39 Å². The molecule has 2 unspecified atom stereocenters. The molecule has 208 valence electrons. The van der Waals surface area contributed by atoms with Gasteiger partial charge in [0.2, 0.25) is 11.8 Å². The van der Waals surface area contributed by atoms with Crippen LogP contribution in [-0.2, 0) is 13.8 Å². The summed E-state index contributed by atoms with van der Waals surface area (Å²) >= 11 is 0. The largest absolute Gasteiger partial charge is 0.479 e. The summed E-state index contributed by atoms with van der Waals surface area (Å²) in [4.78, 5) is 12.4. The van der Waals surface area contributed by atoms with Crippen molar-refractivity contribution in [1.82, 2.24) is 24.6 Å². The van der Waals surface area contributed by atoms with E-state index in [-0.39, 0.29) is 29.0 Å². The van der Waals surface area contributed by atoms with E-state index in [2.05, 4.69) is 20.0 Å². The van der Waals surface area contributed by atoms with Crippen LogP contribution >= 0.6 is 7.75 Å². The van der Waals surface area contributed by atoms with Gasteiger partial charge < -0.3 is 24.8 Å². The fourth-order valence-electron chi connectivity index (χ4n) is 4.56. The van der Waals surface area contributed by atoms with Crippen LogP contribution in [0.4, 0.5) is 10.3 Å². The van der Waals surface area contributed by atoms with Crippen molar-refractivity contribution < 1.29 is 32.6 Å². The number of alkyl halides is 1. The molecule has 4 N–H and O–H groups in total. The number of nitrogens with one attached hydrogen (secondary N) is 1. The van der Waals surface area contributed by atoms with Gasteiger partial charge in [0.1, 0.15) is 17.5 Å². The normalized spacial score (nSPS) is 24.8. The number of aliphatic hydroxyl groups is 1. The van der Waals surface area contributed by atoms with Crippen LogP contribution in [0.2, 0.25) is 0 Å². The number of ether oxygens (including phenoxy) is 2. The first kappa shape index (κ1) is 27.2. The molecule has 4 aromatic rings. The predicted octanol–water partition coefficient (Wildman–Crippen LogP) is 3.76. The molecule has 14 heteroatoms. The average Bonchev–Trinajstić information content (AvgIpc) is 3.39. The van der Waals surface area contributed by atoms with E-state index in [1.807, 2.05) is 30.3 Å². The molecule has 0 bridgehead atoms. The van der Waals surface area contributed by atoms with E-state index < -0.39 is 38.5 Å². The van der Waals surface area contributed by atoms with Crippen LogP contribution in [0.15, 0.2) is 48.8 Å². The molecule has 1 aliphatic rings. The summed E-state index contributed by atoms with van der Waals surface area (Å²) < 4.78 is 53.4. The van der Waals surface area contributed by atoms with Gasteiger partial charge in [-0.05, 0) is 32.2 Å². The number of fused-ring (bicyclic) bond motifs is 2. The van der Waals surface area contributed by atoms with Gasteiger partial charge in [0.05, 0.1) is 20.0 Å². The molecule has 0 radical (unpaired) electrons. The van der Waals surface area contributed by atoms with Crippen molar-refractivity contribution >= 4 is 35.6 Å². The molecule has 1 aliphatic heterocycles. The maximum absolute atomic E-state index is 15.6. The molecule has 12 nitrogen and oxygen atoms in total. The Labute approximate surface area is 223 Å². The maximum atomic E-state index is 15.6. The van der Waals surface area contributed by atoms with E-state index in [0.29, 0.717) is 5.75 Å². The molecule has 1 saturated heterocycles. The number of methoxy groups -OCH3 is 1. The van der Waals surface area contributed by atoms with Crippen molar-refractivity contribution in [3.8, 4) is 11.6 Å². The summed E-state index contributed by atoms with van der Waals surface area (Å²) in [5.41, 5.74) is 4.21. The van der Waals surface area contributed by atoms with Gasteiger partial charge in [-0.2, -0.15) is 9.97 Å². The zero-order chi connectivity index (χ0) is 27.9. The molecule has 3 heterocycles. The maximum Gasteiger partial charge on any atom is 0.459 e. The van der Waals surface area contributed by atoms with Crippen LogP contribution in [0.1, 0.15) is 27.0 Å². The van der Waals surface area contributed by atoms with Crippen molar-refractivity contribution in [2.24, 2.45) is 0 Å². The third-order valence-electron chi connectivity index (χ3n) is 6.33. The number of anilines is 1. The molecule has 5 atom stereocenters. The third kappa shape index (κ3) is 5.15. The molecule has 2 aromatic heterocycles. The van der Waals surface area contributed by atoms with Gasteiger partial charge in [0, 0.05) is 11.4 Å². The topological polar surface area (TPSA) is 156 Å². The van der Waals surface area contributed by atoms with Crippen LogP contribution in [0.3, 0.4) is 0 Å². The van der Waals surface area contributed by atoms with Crippen LogP contribution < -0.4 is 20.1 Å². The molecule has 2 aromatic carbocycles. The minimum absolute atomic E-state index is 0.0956. The third-order valence-corrected chi connectivity index (χ3v) is 8.09. The van der Waals surface area contributed by atoms with Crippen molar-refractivity contribution in [2.75, 3.05) is 19.5 Å². The Hall–Kier alpha value is -3.35. The molecular formula is C25H30FN6O6P. The smallest absolute Gasteiger partial charge is 0.459 e. The van der Waals surface area contributed by atoms with E-state index in [1.54, 1.807) is 26.0 Å². The minimum atomic E-state index is -4.01. The van der Waals surface area contributed by atoms with Crippen molar-refractivity contribution in [2.45, 2.75) is 50.9 Å². The molecule has 5 rings (SSSR count). The number of aromatic nitrogens is 4. The molecule has 0 amide bonds. The number of nitrogens with two attached hydrogens (primary N) is 1. The van der Waals surface area contributed by atoms with Gasteiger partial charge in [0.25, 0.3) is 0 Å². The lowest BCUT2D eigenvalue weighted by Gasteiger charge is -2.26. The van der Waals surface area contributed by atoms with Gasteiger partial charge >= 0.3 is 7.75 Å². The lowest BCUT2D eigenvalue weighted by Crippen LogP contribution is -2.41. The summed E-state index contributed by atoms with van der Waals surface area (Å²) in [7, 11) is -2.61. The average molecular weight is 561 g/mol. The van der Waals surface area contributed by atoms with Gasteiger partial charge in [-0.15, -0.1) is 0 Å². The second-order valence-electron chi connectivity index (χ2n) is 9.72. The number of hydrogen-bond acceptors (Lipinski definition) is 10. The van der Waals surface area contributed by atoms with E-state index in [9.17, 15) is 9.67 Å². The number of halogens is 1. The fraction of sp³-hybridized carbons (Fsp3) is 0.400. The zero-order valence-electron chi connectivity index (χ0n) is 21.8. The molecule has 39 heavy (non-hydrogen) atoms. The van der Waals surface area contributed by atoms with E-state index in [0.717, 1.165) is 10.8 Å². The van der Waals surface area contributed by atoms with Crippen LogP contribution in [-0.4, -0.2) is 62.3 Å². The van der Waals surface area contributed by atoms with Crippen molar-refractivity contribution in [3.63, 3.8) is 0 Å². The molecule has 1 fully saturated rings. The monoisotopic (exact) mass is 560 g/mol.